The van der Waals surface area contributed by atoms with Gasteiger partial charge in [-0.15, -0.1) is 0 Å². The molecule has 3 aromatic rings. The van der Waals surface area contributed by atoms with E-state index < -0.39 is 5.60 Å². The first-order chi connectivity index (χ1) is 17.8. The Kier molecular flexibility index (Phi) is 9.08. The molecule has 1 unspecified atom stereocenters. The zero-order valence-corrected chi connectivity index (χ0v) is 22.4. The number of β-amino-alcohol motifs (C(OH)–C–C–N with tert-alkyl or cyclic N) is 1. The molecule has 1 aliphatic rings. The average molecular weight is 510 g/mol. The van der Waals surface area contributed by atoms with Crippen LogP contribution >= 0.6 is 0 Å². The maximum Gasteiger partial charge on any atom is 0.161 e. The van der Waals surface area contributed by atoms with Crippen molar-refractivity contribution >= 4 is 0 Å². The molecule has 0 spiro atoms. The van der Waals surface area contributed by atoms with Crippen molar-refractivity contribution in [3.63, 3.8) is 0 Å². The van der Waals surface area contributed by atoms with Gasteiger partial charge in [-0.2, -0.15) is 0 Å². The number of methoxy groups -OCH3 is 1. The normalized spacial score (nSPS) is 18.4. The van der Waals surface area contributed by atoms with Crippen LogP contribution in [0, 0.1) is 20.8 Å². The summed E-state index contributed by atoms with van der Waals surface area (Å²) in [5.74, 6) is 2.24. The molecule has 37 heavy (non-hydrogen) atoms. The van der Waals surface area contributed by atoms with Gasteiger partial charge in [0.25, 0.3) is 0 Å². The summed E-state index contributed by atoms with van der Waals surface area (Å²) in [5, 5.41) is 11.4. The van der Waals surface area contributed by atoms with E-state index in [1.54, 1.807) is 19.6 Å². The first kappa shape index (κ1) is 27.0. The molecule has 2 heterocycles. The SMILES string of the molecule is COc1ccc(CN2CCOCC(O)(COc3cc(C)cc(C)c3C)C2)cc1OCCCn1ccnc1. The lowest BCUT2D eigenvalue weighted by molar-refractivity contribution is -0.0648. The standard InChI is InChI=1S/C29H39N3O5/c1-22-14-23(2)24(3)27(15-22)37-20-29(33)18-32(11-13-35-19-29)17-25-6-7-26(34-4)28(16-25)36-12-5-9-31-10-8-30-21-31/h6-8,10,14-16,21,33H,5,9,11-13,17-20H2,1-4H3. The first-order valence-electron chi connectivity index (χ1n) is 12.8. The van der Waals surface area contributed by atoms with Crippen molar-refractivity contribution in [2.75, 3.05) is 46.6 Å². The fourth-order valence-electron chi connectivity index (χ4n) is 4.62. The van der Waals surface area contributed by atoms with Gasteiger partial charge in [-0.1, -0.05) is 12.1 Å². The number of aliphatic hydroxyl groups is 1. The summed E-state index contributed by atoms with van der Waals surface area (Å²) in [6.45, 7) is 10.4. The molecular weight excluding hydrogens is 470 g/mol. The molecule has 8 heteroatoms. The van der Waals surface area contributed by atoms with Gasteiger partial charge in [0.05, 0.1) is 33.3 Å². The van der Waals surface area contributed by atoms with E-state index in [1.165, 1.54) is 5.56 Å². The Morgan fingerprint density at radius 3 is 2.73 bits per heavy atom. The molecule has 8 nitrogen and oxygen atoms in total. The molecule has 1 saturated heterocycles. The number of aryl methyl sites for hydroxylation is 3. The van der Waals surface area contributed by atoms with Crippen LogP contribution in [0.1, 0.15) is 28.7 Å². The summed E-state index contributed by atoms with van der Waals surface area (Å²) in [6, 6.07) is 10.2. The fourth-order valence-corrected chi connectivity index (χ4v) is 4.62. The van der Waals surface area contributed by atoms with Crippen LogP contribution in [0.25, 0.3) is 0 Å². The molecule has 1 atom stereocenters. The molecule has 4 rings (SSSR count). The van der Waals surface area contributed by atoms with Crippen LogP contribution in [-0.2, 0) is 17.8 Å². The Labute approximate surface area is 219 Å². The highest BCUT2D eigenvalue weighted by Crippen LogP contribution is 2.30. The van der Waals surface area contributed by atoms with E-state index in [0.717, 1.165) is 47.7 Å². The van der Waals surface area contributed by atoms with Gasteiger partial charge in [0.2, 0.25) is 0 Å². The second-order valence-electron chi connectivity index (χ2n) is 9.97. The first-order valence-corrected chi connectivity index (χ1v) is 12.8. The van der Waals surface area contributed by atoms with Crippen LogP contribution in [0.3, 0.4) is 0 Å². The highest BCUT2D eigenvalue weighted by molar-refractivity contribution is 5.43. The number of benzene rings is 2. The Bertz CT molecular complexity index is 1150. The summed E-state index contributed by atoms with van der Waals surface area (Å²) in [5.41, 5.74) is 3.39. The minimum atomic E-state index is -1.11. The third-order valence-corrected chi connectivity index (χ3v) is 6.71. The number of imidazole rings is 1. The highest BCUT2D eigenvalue weighted by atomic mass is 16.5. The average Bonchev–Trinajstić information content (AvgIpc) is 3.32. The highest BCUT2D eigenvalue weighted by Gasteiger charge is 2.34. The zero-order chi connectivity index (χ0) is 26.3. The van der Waals surface area contributed by atoms with Crippen molar-refractivity contribution in [1.29, 1.82) is 0 Å². The number of hydrogen-bond acceptors (Lipinski definition) is 7. The minimum absolute atomic E-state index is 0.168. The maximum absolute atomic E-state index is 11.4. The van der Waals surface area contributed by atoms with Gasteiger partial charge in [-0.3, -0.25) is 4.90 Å². The van der Waals surface area contributed by atoms with Crippen molar-refractivity contribution in [3.8, 4) is 17.2 Å². The Hall–Kier alpha value is -3.07. The van der Waals surface area contributed by atoms with Gasteiger partial charge < -0.3 is 28.6 Å². The van der Waals surface area contributed by atoms with Crippen LogP contribution in [-0.4, -0.2) is 71.8 Å². The van der Waals surface area contributed by atoms with Crippen LogP contribution in [0.4, 0.5) is 0 Å². The van der Waals surface area contributed by atoms with Gasteiger partial charge in [0.1, 0.15) is 18.0 Å². The van der Waals surface area contributed by atoms with E-state index in [9.17, 15) is 5.11 Å². The molecule has 1 N–H and O–H groups in total. The Morgan fingerprint density at radius 1 is 1.08 bits per heavy atom. The molecule has 200 valence electrons. The second kappa shape index (κ2) is 12.4. The maximum atomic E-state index is 11.4. The Morgan fingerprint density at radius 2 is 1.95 bits per heavy atom. The third kappa shape index (κ3) is 7.47. The fraction of sp³-hybridized carbons (Fsp3) is 0.483. The van der Waals surface area contributed by atoms with Gasteiger partial charge >= 0.3 is 0 Å². The predicted octanol–water partition coefficient (Wildman–Crippen LogP) is 3.93. The summed E-state index contributed by atoms with van der Waals surface area (Å²) >= 11 is 0. The molecule has 1 aromatic heterocycles. The number of nitrogens with zero attached hydrogens (tertiary/aromatic N) is 3. The molecule has 0 aliphatic carbocycles. The van der Waals surface area contributed by atoms with Crippen molar-refractivity contribution < 1.29 is 24.1 Å². The molecule has 1 aliphatic heterocycles. The van der Waals surface area contributed by atoms with Crippen molar-refractivity contribution in [3.05, 3.63) is 71.3 Å². The van der Waals surface area contributed by atoms with E-state index in [-0.39, 0.29) is 13.2 Å². The van der Waals surface area contributed by atoms with Crippen molar-refractivity contribution in [2.45, 2.75) is 45.9 Å². The third-order valence-electron chi connectivity index (χ3n) is 6.71. The largest absolute Gasteiger partial charge is 0.493 e. The molecule has 0 radical (unpaired) electrons. The molecule has 2 aromatic carbocycles. The minimum Gasteiger partial charge on any atom is -0.493 e. The Balaban J connectivity index is 1.37. The van der Waals surface area contributed by atoms with Crippen LogP contribution in [0.15, 0.2) is 49.1 Å². The van der Waals surface area contributed by atoms with Gasteiger partial charge in [-0.25, -0.2) is 4.98 Å². The lowest BCUT2D eigenvalue weighted by atomic mass is 10.0. The number of aromatic nitrogens is 2. The van der Waals surface area contributed by atoms with E-state index in [0.29, 0.717) is 32.1 Å². The van der Waals surface area contributed by atoms with E-state index in [1.807, 2.05) is 42.0 Å². The molecular formula is C29H39N3O5. The van der Waals surface area contributed by atoms with Crippen LogP contribution < -0.4 is 14.2 Å². The lowest BCUT2D eigenvalue weighted by Crippen LogP contribution is -2.48. The van der Waals surface area contributed by atoms with Crippen LogP contribution in [0.5, 0.6) is 17.2 Å². The van der Waals surface area contributed by atoms with Crippen molar-refractivity contribution in [2.24, 2.45) is 0 Å². The van der Waals surface area contributed by atoms with Crippen LogP contribution in [0.2, 0.25) is 0 Å². The predicted molar refractivity (Wildman–Crippen MR) is 143 cm³/mol. The number of hydrogen-bond donors (Lipinski definition) is 1. The summed E-state index contributed by atoms with van der Waals surface area (Å²) < 4.78 is 25.5. The molecule has 0 amide bonds. The van der Waals surface area contributed by atoms with E-state index >= 15 is 0 Å². The summed E-state index contributed by atoms with van der Waals surface area (Å²) in [6.07, 6.45) is 6.39. The monoisotopic (exact) mass is 509 g/mol. The quantitative estimate of drug-likeness (QED) is 0.393. The van der Waals surface area contributed by atoms with E-state index in [4.69, 9.17) is 18.9 Å². The van der Waals surface area contributed by atoms with Gasteiger partial charge in [-0.05, 0) is 67.6 Å². The summed E-state index contributed by atoms with van der Waals surface area (Å²) in [4.78, 5) is 6.27. The summed E-state index contributed by atoms with van der Waals surface area (Å²) in [7, 11) is 1.65. The molecule has 1 fully saturated rings. The number of ether oxygens (including phenoxy) is 4. The molecule has 0 saturated carbocycles. The lowest BCUT2D eigenvalue weighted by Gasteiger charge is -2.31. The topological polar surface area (TPSA) is 78.2 Å². The number of rotatable bonds is 11. The zero-order valence-electron chi connectivity index (χ0n) is 22.4. The van der Waals surface area contributed by atoms with Crippen molar-refractivity contribution in [1.82, 2.24) is 14.5 Å². The van der Waals surface area contributed by atoms with E-state index in [2.05, 4.69) is 29.8 Å². The van der Waals surface area contributed by atoms with Gasteiger partial charge in [0.15, 0.2) is 11.5 Å². The molecule has 0 bridgehead atoms. The second-order valence-corrected chi connectivity index (χ2v) is 9.97. The van der Waals surface area contributed by atoms with Gasteiger partial charge in [0, 0.05) is 38.6 Å². The smallest absolute Gasteiger partial charge is 0.161 e.